The van der Waals surface area contributed by atoms with E-state index in [9.17, 15) is 0 Å². The zero-order valence-corrected chi connectivity index (χ0v) is 17.3. The maximum Gasteiger partial charge on any atom is 0.0715 e. The minimum atomic E-state index is 0.961. The van der Waals surface area contributed by atoms with Crippen LogP contribution in [0.5, 0.6) is 0 Å². The highest BCUT2D eigenvalue weighted by molar-refractivity contribution is 6.36. The molecule has 0 aliphatic carbocycles. The highest BCUT2D eigenvalue weighted by atomic mass is 14.7. The summed E-state index contributed by atoms with van der Waals surface area (Å²) in [5, 5.41) is 10.2. The van der Waals surface area contributed by atoms with E-state index in [2.05, 4.69) is 78.9 Å². The summed E-state index contributed by atoms with van der Waals surface area (Å²) in [7, 11) is 0. The lowest BCUT2D eigenvalue weighted by atomic mass is 9.84. The van der Waals surface area contributed by atoms with Crippen molar-refractivity contribution >= 4 is 43.1 Å². The Kier molecular flexibility index (Phi) is 3.58. The van der Waals surface area contributed by atoms with Crippen molar-refractivity contribution in [2.24, 2.45) is 0 Å². The number of pyridine rings is 2. The van der Waals surface area contributed by atoms with Gasteiger partial charge >= 0.3 is 0 Å². The maximum atomic E-state index is 4.80. The molecule has 0 spiro atoms. The van der Waals surface area contributed by atoms with Gasteiger partial charge in [-0.05, 0) is 68.0 Å². The largest absolute Gasteiger partial charge is 0.256 e. The Bertz CT molecular complexity index is 1750. The lowest BCUT2D eigenvalue weighted by molar-refractivity contribution is 1.31. The van der Waals surface area contributed by atoms with Crippen molar-refractivity contribution in [1.29, 1.82) is 0 Å². The fraction of sp³-hybridized carbons (Fsp3) is 0. The topological polar surface area (TPSA) is 25.8 Å². The third kappa shape index (κ3) is 2.35. The molecule has 2 heterocycles. The molecule has 0 amide bonds. The lowest BCUT2D eigenvalue weighted by Crippen LogP contribution is -1.95. The molecule has 5 aromatic carbocycles. The molecule has 0 aliphatic rings. The molecule has 2 aromatic heterocycles. The summed E-state index contributed by atoms with van der Waals surface area (Å²) in [4.78, 5) is 9.52. The van der Waals surface area contributed by atoms with Gasteiger partial charge in [0.05, 0.1) is 11.4 Å². The SMILES string of the molecule is c1ccc(-c2cc3cccc4c5cccc6cccc(c(c2-c2ccccn2)c34)c65)nc1. The molecule has 148 valence electrons. The smallest absolute Gasteiger partial charge is 0.0715 e. The Hall–Kier alpha value is -4.30. The molecule has 0 atom stereocenters. The van der Waals surface area contributed by atoms with Crippen LogP contribution in [-0.4, -0.2) is 9.97 Å². The second-order valence-electron chi connectivity index (χ2n) is 8.22. The molecule has 0 bridgehead atoms. The van der Waals surface area contributed by atoms with Crippen LogP contribution in [0.15, 0.2) is 109 Å². The van der Waals surface area contributed by atoms with E-state index in [1.165, 1.54) is 43.1 Å². The van der Waals surface area contributed by atoms with Gasteiger partial charge in [-0.25, -0.2) is 0 Å². The monoisotopic (exact) mass is 406 g/mol. The summed E-state index contributed by atoms with van der Waals surface area (Å²) in [6, 6.07) is 34.4. The van der Waals surface area contributed by atoms with Gasteiger partial charge in [0.1, 0.15) is 0 Å². The second-order valence-corrected chi connectivity index (χ2v) is 8.22. The van der Waals surface area contributed by atoms with E-state index in [0.717, 1.165) is 22.5 Å². The van der Waals surface area contributed by atoms with E-state index in [0.29, 0.717) is 0 Å². The Morgan fingerprint density at radius 2 is 1.06 bits per heavy atom. The Balaban J connectivity index is 1.83. The molecule has 2 heteroatoms. The zero-order valence-electron chi connectivity index (χ0n) is 17.3. The van der Waals surface area contributed by atoms with Gasteiger partial charge in [-0.2, -0.15) is 0 Å². The molecule has 0 N–H and O–H groups in total. The molecule has 7 aromatic rings. The van der Waals surface area contributed by atoms with E-state index in [1.54, 1.807) is 0 Å². The number of hydrogen-bond acceptors (Lipinski definition) is 2. The van der Waals surface area contributed by atoms with Crippen LogP contribution in [0.2, 0.25) is 0 Å². The molecule has 0 unspecified atom stereocenters. The quantitative estimate of drug-likeness (QED) is 0.216. The number of nitrogens with zero attached hydrogens (tertiary/aromatic N) is 2. The van der Waals surface area contributed by atoms with Crippen molar-refractivity contribution in [3.8, 4) is 22.5 Å². The fourth-order valence-corrected chi connectivity index (χ4v) is 5.23. The van der Waals surface area contributed by atoms with E-state index in [-0.39, 0.29) is 0 Å². The van der Waals surface area contributed by atoms with Gasteiger partial charge in [-0.1, -0.05) is 66.7 Å². The minimum absolute atomic E-state index is 0.961. The van der Waals surface area contributed by atoms with Gasteiger partial charge in [0, 0.05) is 28.9 Å². The standard InChI is InChI=1S/C30H18N2/c1-3-16-31-25(14-1)24-18-20-10-7-12-22-21-11-5-8-19-9-6-13-23(27(19)21)30(28(20)22)29(24)26-15-2-4-17-32-26/h1-18H. The summed E-state index contributed by atoms with van der Waals surface area (Å²) < 4.78 is 0. The summed E-state index contributed by atoms with van der Waals surface area (Å²) in [5.41, 5.74) is 4.19. The van der Waals surface area contributed by atoms with Gasteiger partial charge in [-0.15, -0.1) is 0 Å². The fourth-order valence-electron chi connectivity index (χ4n) is 5.23. The van der Waals surface area contributed by atoms with E-state index in [4.69, 9.17) is 9.97 Å². The van der Waals surface area contributed by atoms with Gasteiger partial charge in [-0.3, -0.25) is 9.97 Å². The Labute approximate surface area is 185 Å². The van der Waals surface area contributed by atoms with Gasteiger partial charge in [0.15, 0.2) is 0 Å². The molecule has 7 rings (SSSR count). The van der Waals surface area contributed by atoms with E-state index >= 15 is 0 Å². The summed E-state index contributed by atoms with van der Waals surface area (Å²) in [6.45, 7) is 0. The average Bonchev–Trinajstić information content (AvgIpc) is 2.87. The number of benzene rings is 5. The molecule has 0 saturated heterocycles. The van der Waals surface area contributed by atoms with Crippen LogP contribution in [0.4, 0.5) is 0 Å². The number of rotatable bonds is 2. The first-order valence-electron chi connectivity index (χ1n) is 10.9. The normalized spacial score (nSPS) is 11.8. The maximum absolute atomic E-state index is 4.80. The Morgan fingerprint density at radius 3 is 1.75 bits per heavy atom. The summed E-state index contributed by atoms with van der Waals surface area (Å²) in [5.74, 6) is 0. The first kappa shape index (κ1) is 17.4. The van der Waals surface area contributed by atoms with Crippen LogP contribution in [0.1, 0.15) is 0 Å². The summed E-state index contributed by atoms with van der Waals surface area (Å²) in [6.07, 6.45) is 3.73. The van der Waals surface area contributed by atoms with Crippen molar-refractivity contribution < 1.29 is 0 Å². The second kappa shape index (κ2) is 6.60. The predicted molar refractivity (Wildman–Crippen MR) is 134 cm³/mol. The Morgan fingerprint density at radius 1 is 0.438 bits per heavy atom. The molecule has 32 heavy (non-hydrogen) atoms. The van der Waals surface area contributed by atoms with Crippen molar-refractivity contribution in [2.75, 3.05) is 0 Å². The third-order valence-electron chi connectivity index (χ3n) is 6.49. The van der Waals surface area contributed by atoms with Crippen LogP contribution in [-0.2, 0) is 0 Å². The van der Waals surface area contributed by atoms with Crippen LogP contribution in [0.25, 0.3) is 65.6 Å². The lowest BCUT2D eigenvalue weighted by Gasteiger charge is -2.20. The van der Waals surface area contributed by atoms with Gasteiger partial charge in [0.2, 0.25) is 0 Å². The molecule has 0 aliphatic heterocycles. The number of aromatic nitrogens is 2. The molecular formula is C30H18N2. The predicted octanol–water partition coefficient (Wildman–Crippen LogP) is 7.86. The highest BCUT2D eigenvalue weighted by Gasteiger charge is 2.20. The average molecular weight is 406 g/mol. The van der Waals surface area contributed by atoms with Crippen LogP contribution in [0.3, 0.4) is 0 Å². The van der Waals surface area contributed by atoms with Crippen molar-refractivity contribution in [1.82, 2.24) is 9.97 Å². The van der Waals surface area contributed by atoms with Gasteiger partial charge < -0.3 is 0 Å². The summed E-state index contributed by atoms with van der Waals surface area (Å²) >= 11 is 0. The van der Waals surface area contributed by atoms with E-state index < -0.39 is 0 Å². The first-order chi connectivity index (χ1) is 15.9. The molecular weight excluding hydrogens is 388 g/mol. The van der Waals surface area contributed by atoms with Crippen LogP contribution >= 0.6 is 0 Å². The third-order valence-corrected chi connectivity index (χ3v) is 6.49. The minimum Gasteiger partial charge on any atom is -0.256 e. The molecule has 2 nitrogen and oxygen atoms in total. The number of fused-ring (bicyclic) bond motifs is 2. The van der Waals surface area contributed by atoms with Crippen LogP contribution in [0, 0.1) is 0 Å². The van der Waals surface area contributed by atoms with Crippen molar-refractivity contribution in [3.63, 3.8) is 0 Å². The number of hydrogen-bond donors (Lipinski definition) is 0. The zero-order chi connectivity index (χ0) is 21.1. The van der Waals surface area contributed by atoms with Crippen molar-refractivity contribution in [2.45, 2.75) is 0 Å². The van der Waals surface area contributed by atoms with Crippen LogP contribution < -0.4 is 0 Å². The highest BCUT2D eigenvalue weighted by Crippen LogP contribution is 2.47. The first-order valence-corrected chi connectivity index (χ1v) is 10.9. The van der Waals surface area contributed by atoms with Crippen molar-refractivity contribution in [3.05, 3.63) is 109 Å². The molecule has 0 radical (unpaired) electrons. The van der Waals surface area contributed by atoms with E-state index in [1.807, 2.05) is 30.6 Å². The molecule has 0 saturated carbocycles. The molecule has 0 fully saturated rings. The van der Waals surface area contributed by atoms with Gasteiger partial charge in [0.25, 0.3) is 0 Å².